The van der Waals surface area contributed by atoms with Crippen molar-refractivity contribution in [3.63, 3.8) is 0 Å². The van der Waals surface area contributed by atoms with Crippen molar-refractivity contribution in [1.82, 2.24) is 9.97 Å². The van der Waals surface area contributed by atoms with E-state index in [1.54, 1.807) is 17.4 Å². The highest BCUT2D eigenvalue weighted by Gasteiger charge is 2.25. The highest BCUT2D eigenvalue weighted by molar-refractivity contribution is 7.15. The van der Waals surface area contributed by atoms with Gasteiger partial charge in [0.05, 0.1) is 0 Å². The van der Waals surface area contributed by atoms with Gasteiger partial charge in [-0.2, -0.15) is 0 Å². The molecule has 0 unspecified atom stereocenters. The summed E-state index contributed by atoms with van der Waals surface area (Å²) in [5.41, 5.74) is 6.52. The molecular weight excluding hydrogens is 206 g/mol. The van der Waals surface area contributed by atoms with Crippen molar-refractivity contribution in [3.8, 4) is 10.7 Å². The molecule has 3 rings (SSSR count). The van der Waals surface area contributed by atoms with Gasteiger partial charge in [0.15, 0.2) is 0 Å². The molecule has 1 aliphatic rings. The smallest absolute Gasteiger partial charge is 0.142 e. The van der Waals surface area contributed by atoms with E-state index >= 15 is 0 Å². The summed E-state index contributed by atoms with van der Waals surface area (Å²) in [5, 5.41) is 0.976. The van der Waals surface area contributed by atoms with E-state index in [1.807, 2.05) is 18.3 Å². The molecule has 0 atom stereocenters. The fourth-order valence-corrected chi connectivity index (χ4v) is 2.59. The molecule has 0 aromatic carbocycles. The number of nitrogens with zero attached hydrogens (tertiary/aromatic N) is 2. The molecule has 0 amide bonds. The van der Waals surface area contributed by atoms with Gasteiger partial charge in [-0.1, -0.05) is 6.07 Å². The van der Waals surface area contributed by atoms with Crippen LogP contribution in [0.25, 0.3) is 10.7 Å². The molecule has 2 N–H and O–H groups in total. The molecule has 1 aliphatic carbocycles. The van der Waals surface area contributed by atoms with Crippen LogP contribution < -0.4 is 5.73 Å². The molecule has 76 valence electrons. The number of rotatable bonds is 2. The average molecular weight is 217 g/mol. The number of pyridine rings is 1. The first-order valence-electron chi connectivity index (χ1n) is 5.01. The first-order valence-corrected chi connectivity index (χ1v) is 5.83. The van der Waals surface area contributed by atoms with Crippen LogP contribution in [0.4, 0.5) is 5.82 Å². The zero-order valence-corrected chi connectivity index (χ0v) is 9.00. The van der Waals surface area contributed by atoms with Crippen LogP contribution in [0.15, 0.2) is 24.4 Å². The third-order valence-electron chi connectivity index (χ3n) is 2.49. The summed E-state index contributed by atoms with van der Waals surface area (Å²) >= 11 is 1.74. The third kappa shape index (κ3) is 1.72. The fraction of sp³-hybridized carbons (Fsp3) is 0.273. The van der Waals surface area contributed by atoms with E-state index in [4.69, 9.17) is 5.73 Å². The lowest BCUT2D eigenvalue weighted by Crippen LogP contribution is -1.90. The zero-order chi connectivity index (χ0) is 10.3. The van der Waals surface area contributed by atoms with Gasteiger partial charge in [-0.25, -0.2) is 9.97 Å². The monoisotopic (exact) mass is 217 g/mol. The SMILES string of the molecule is Nc1cccc(-c2ncc(C3CC3)s2)n1. The molecule has 2 aromatic rings. The summed E-state index contributed by atoms with van der Waals surface area (Å²) in [6.45, 7) is 0. The number of aromatic nitrogens is 2. The largest absolute Gasteiger partial charge is 0.384 e. The molecular formula is C11H11N3S. The average Bonchev–Trinajstić information content (AvgIpc) is 2.97. The van der Waals surface area contributed by atoms with E-state index < -0.39 is 0 Å². The van der Waals surface area contributed by atoms with E-state index in [9.17, 15) is 0 Å². The number of hydrogen-bond donors (Lipinski definition) is 1. The molecule has 0 spiro atoms. The number of nitrogen functional groups attached to an aromatic ring is 1. The van der Waals surface area contributed by atoms with Crippen molar-refractivity contribution in [3.05, 3.63) is 29.3 Å². The predicted octanol–water partition coefficient (Wildman–Crippen LogP) is 2.66. The lowest BCUT2D eigenvalue weighted by Gasteiger charge is -1.95. The molecule has 0 saturated heterocycles. The second kappa shape index (κ2) is 3.31. The molecule has 3 nitrogen and oxygen atoms in total. The Bertz CT molecular complexity index is 488. The normalized spacial score (nSPS) is 15.5. The van der Waals surface area contributed by atoms with Gasteiger partial charge < -0.3 is 5.73 Å². The second-order valence-corrected chi connectivity index (χ2v) is 4.85. The summed E-state index contributed by atoms with van der Waals surface area (Å²) in [7, 11) is 0. The van der Waals surface area contributed by atoms with Crippen molar-refractivity contribution in [2.45, 2.75) is 18.8 Å². The van der Waals surface area contributed by atoms with E-state index in [2.05, 4.69) is 9.97 Å². The number of thiazole rings is 1. The molecule has 4 heteroatoms. The van der Waals surface area contributed by atoms with Crippen molar-refractivity contribution in [2.24, 2.45) is 0 Å². The van der Waals surface area contributed by atoms with Crippen LogP contribution in [-0.2, 0) is 0 Å². The van der Waals surface area contributed by atoms with Crippen LogP contribution in [-0.4, -0.2) is 9.97 Å². The van der Waals surface area contributed by atoms with Gasteiger partial charge in [0.2, 0.25) is 0 Å². The Morgan fingerprint density at radius 3 is 2.93 bits per heavy atom. The lowest BCUT2D eigenvalue weighted by atomic mass is 10.3. The van der Waals surface area contributed by atoms with Gasteiger partial charge in [0, 0.05) is 11.1 Å². The molecule has 1 fully saturated rings. The molecule has 2 aromatic heterocycles. The highest BCUT2D eigenvalue weighted by Crippen LogP contribution is 2.43. The van der Waals surface area contributed by atoms with Crippen LogP contribution in [0.3, 0.4) is 0 Å². The summed E-state index contributed by atoms with van der Waals surface area (Å²) in [6, 6.07) is 5.65. The lowest BCUT2D eigenvalue weighted by molar-refractivity contribution is 1.16. The quantitative estimate of drug-likeness (QED) is 0.841. The van der Waals surface area contributed by atoms with Crippen LogP contribution in [0, 0.1) is 0 Å². The summed E-state index contributed by atoms with van der Waals surface area (Å²) in [4.78, 5) is 10.0. The highest BCUT2D eigenvalue weighted by atomic mass is 32.1. The van der Waals surface area contributed by atoms with Crippen LogP contribution in [0.5, 0.6) is 0 Å². The van der Waals surface area contributed by atoms with Gasteiger partial charge >= 0.3 is 0 Å². The van der Waals surface area contributed by atoms with Crippen molar-refractivity contribution < 1.29 is 0 Å². The molecule has 0 aliphatic heterocycles. The molecule has 0 bridgehead atoms. The molecule has 15 heavy (non-hydrogen) atoms. The molecule has 2 heterocycles. The van der Waals surface area contributed by atoms with E-state index in [0.29, 0.717) is 5.82 Å². The van der Waals surface area contributed by atoms with Crippen molar-refractivity contribution in [2.75, 3.05) is 5.73 Å². The van der Waals surface area contributed by atoms with Crippen molar-refractivity contribution in [1.29, 1.82) is 0 Å². The van der Waals surface area contributed by atoms with Gasteiger partial charge in [-0.05, 0) is 30.9 Å². The Kier molecular flexibility index (Phi) is 1.95. The maximum atomic E-state index is 5.64. The Hall–Kier alpha value is -1.42. The number of anilines is 1. The first-order chi connectivity index (χ1) is 7.33. The maximum absolute atomic E-state index is 5.64. The standard InChI is InChI=1S/C11H11N3S/c12-10-3-1-2-8(14-10)11-13-6-9(15-11)7-4-5-7/h1-3,6-7H,4-5H2,(H2,12,14). The minimum atomic E-state index is 0.552. The number of hydrogen-bond acceptors (Lipinski definition) is 4. The first kappa shape index (κ1) is 8.85. The van der Waals surface area contributed by atoms with E-state index in [1.165, 1.54) is 17.7 Å². The number of nitrogens with two attached hydrogens (primary N) is 1. The Morgan fingerprint density at radius 2 is 2.20 bits per heavy atom. The molecule has 0 radical (unpaired) electrons. The minimum absolute atomic E-state index is 0.552. The second-order valence-electron chi connectivity index (χ2n) is 3.79. The van der Waals surface area contributed by atoms with E-state index in [0.717, 1.165) is 16.6 Å². The van der Waals surface area contributed by atoms with Crippen LogP contribution in [0.1, 0.15) is 23.6 Å². The Morgan fingerprint density at radius 1 is 1.33 bits per heavy atom. The van der Waals surface area contributed by atoms with Gasteiger partial charge in [0.25, 0.3) is 0 Å². The Balaban J connectivity index is 1.97. The Labute approximate surface area is 92.0 Å². The third-order valence-corrected chi connectivity index (χ3v) is 3.68. The van der Waals surface area contributed by atoms with Crippen molar-refractivity contribution >= 4 is 17.2 Å². The fourth-order valence-electron chi connectivity index (χ4n) is 1.53. The predicted molar refractivity (Wildman–Crippen MR) is 61.7 cm³/mol. The van der Waals surface area contributed by atoms with Gasteiger partial charge in [0.1, 0.15) is 16.5 Å². The van der Waals surface area contributed by atoms with Gasteiger partial charge in [-0.3, -0.25) is 0 Å². The summed E-state index contributed by atoms with van der Waals surface area (Å²) in [6.07, 6.45) is 4.60. The zero-order valence-electron chi connectivity index (χ0n) is 8.18. The molecule has 1 saturated carbocycles. The minimum Gasteiger partial charge on any atom is -0.384 e. The maximum Gasteiger partial charge on any atom is 0.142 e. The summed E-state index contributed by atoms with van der Waals surface area (Å²) < 4.78 is 0. The topological polar surface area (TPSA) is 51.8 Å². The summed E-state index contributed by atoms with van der Waals surface area (Å²) in [5.74, 6) is 1.31. The van der Waals surface area contributed by atoms with Gasteiger partial charge in [-0.15, -0.1) is 11.3 Å². The van der Waals surface area contributed by atoms with E-state index in [-0.39, 0.29) is 0 Å². The van der Waals surface area contributed by atoms with Crippen LogP contribution >= 0.6 is 11.3 Å². The van der Waals surface area contributed by atoms with Crippen LogP contribution in [0.2, 0.25) is 0 Å².